The van der Waals surface area contributed by atoms with Gasteiger partial charge in [-0.15, -0.1) is 0 Å². The standard InChI is InChI=1S/C22H22ClNO2/c1-16-8-10-19(23)13-20(16)24-14-18-9-11-21(22(12-18)25-2)26-15-17-6-4-3-5-7-17/h3-13,24H,14-15H2,1-2H3. The second kappa shape index (κ2) is 8.63. The van der Waals surface area contributed by atoms with Gasteiger partial charge in [0.15, 0.2) is 11.5 Å². The fourth-order valence-corrected chi connectivity index (χ4v) is 2.83. The van der Waals surface area contributed by atoms with Crippen LogP contribution in [0.1, 0.15) is 16.7 Å². The smallest absolute Gasteiger partial charge is 0.161 e. The molecule has 0 atom stereocenters. The number of nitrogens with one attached hydrogen (secondary N) is 1. The highest BCUT2D eigenvalue weighted by Crippen LogP contribution is 2.29. The van der Waals surface area contributed by atoms with Crippen LogP contribution in [-0.4, -0.2) is 7.11 Å². The summed E-state index contributed by atoms with van der Waals surface area (Å²) in [6, 6.07) is 21.9. The monoisotopic (exact) mass is 367 g/mol. The highest BCUT2D eigenvalue weighted by atomic mass is 35.5. The van der Waals surface area contributed by atoms with Crippen LogP contribution in [0, 0.1) is 6.92 Å². The van der Waals surface area contributed by atoms with Gasteiger partial charge in [0, 0.05) is 17.3 Å². The van der Waals surface area contributed by atoms with E-state index in [2.05, 4.69) is 12.2 Å². The van der Waals surface area contributed by atoms with Crippen molar-refractivity contribution >= 4 is 17.3 Å². The Hall–Kier alpha value is -2.65. The first-order chi connectivity index (χ1) is 12.7. The van der Waals surface area contributed by atoms with E-state index in [4.69, 9.17) is 21.1 Å². The summed E-state index contributed by atoms with van der Waals surface area (Å²) < 4.78 is 11.4. The molecule has 0 radical (unpaired) electrons. The summed E-state index contributed by atoms with van der Waals surface area (Å²) in [5, 5.41) is 4.14. The van der Waals surface area contributed by atoms with Crippen LogP contribution in [0.4, 0.5) is 5.69 Å². The van der Waals surface area contributed by atoms with Gasteiger partial charge in [0.1, 0.15) is 6.61 Å². The van der Waals surface area contributed by atoms with Crippen molar-refractivity contribution in [1.82, 2.24) is 0 Å². The van der Waals surface area contributed by atoms with E-state index in [9.17, 15) is 0 Å². The van der Waals surface area contributed by atoms with Crippen LogP contribution >= 0.6 is 11.6 Å². The SMILES string of the molecule is COc1cc(CNc2cc(Cl)ccc2C)ccc1OCc1ccccc1. The van der Waals surface area contributed by atoms with Gasteiger partial charge in [0.2, 0.25) is 0 Å². The molecule has 134 valence electrons. The van der Waals surface area contributed by atoms with Crippen LogP contribution in [-0.2, 0) is 13.2 Å². The lowest BCUT2D eigenvalue weighted by atomic mass is 10.1. The average molecular weight is 368 g/mol. The van der Waals surface area contributed by atoms with Crippen LogP contribution in [0.15, 0.2) is 66.7 Å². The molecule has 3 nitrogen and oxygen atoms in total. The van der Waals surface area contributed by atoms with Crippen molar-refractivity contribution in [3.8, 4) is 11.5 Å². The fourth-order valence-electron chi connectivity index (χ4n) is 2.66. The van der Waals surface area contributed by atoms with E-state index in [0.717, 1.165) is 38.9 Å². The zero-order chi connectivity index (χ0) is 18.4. The molecule has 3 aromatic rings. The Balaban J connectivity index is 1.67. The Kier molecular flexibility index (Phi) is 6.03. The average Bonchev–Trinajstić information content (AvgIpc) is 2.68. The van der Waals surface area contributed by atoms with Crippen LogP contribution in [0.25, 0.3) is 0 Å². The van der Waals surface area contributed by atoms with Crippen molar-refractivity contribution in [2.24, 2.45) is 0 Å². The highest BCUT2D eigenvalue weighted by Gasteiger charge is 2.07. The Morgan fingerprint density at radius 2 is 1.69 bits per heavy atom. The van der Waals surface area contributed by atoms with Gasteiger partial charge in [0.25, 0.3) is 0 Å². The molecule has 0 aliphatic rings. The lowest BCUT2D eigenvalue weighted by molar-refractivity contribution is 0.284. The highest BCUT2D eigenvalue weighted by molar-refractivity contribution is 6.30. The van der Waals surface area contributed by atoms with E-state index in [1.807, 2.05) is 66.7 Å². The first-order valence-electron chi connectivity index (χ1n) is 8.49. The minimum atomic E-state index is 0.510. The predicted molar refractivity (Wildman–Crippen MR) is 107 cm³/mol. The maximum atomic E-state index is 6.08. The second-order valence-corrected chi connectivity index (χ2v) is 6.51. The number of hydrogen-bond acceptors (Lipinski definition) is 3. The van der Waals surface area contributed by atoms with Gasteiger partial charge in [0.05, 0.1) is 7.11 Å². The van der Waals surface area contributed by atoms with Crippen molar-refractivity contribution < 1.29 is 9.47 Å². The Morgan fingerprint density at radius 1 is 0.885 bits per heavy atom. The van der Waals surface area contributed by atoms with E-state index in [0.29, 0.717) is 13.2 Å². The third-order valence-corrected chi connectivity index (χ3v) is 4.38. The number of benzene rings is 3. The van der Waals surface area contributed by atoms with Crippen LogP contribution < -0.4 is 14.8 Å². The van der Waals surface area contributed by atoms with Crippen molar-refractivity contribution in [1.29, 1.82) is 0 Å². The van der Waals surface area contributed by atoms with E-state index in [1.54, 1.807) is 7.11 Å². The molecular weight excluding hydrogens is 346 g/mol. The number of methoxy groups -OCH3 is 1. The van der Waals surface area contributed by atoms with Crippen molar-refractivity contribution in [2.45, 2.75) is 20.1 Å². The Morgan fingerprint density at radius 3 is 2.46 bits per heavy atom. The van der Waals surface area contributed by atoms with Gasteiger partial charge in [-0.2, -0.15) is 0 Å². The summed E-state index contributed by atoms with van der Waals surface area (Å²) in [5.41, 5.74) is 4.41. The first kappa shape index (κ1) is 18.2. The summed E-state index contributed by atoms with van der Waals surface area (Å²) >= 11 is 6.08. The molecule has 4 heteroatoms. The summed E-state index contributed by atoms with van der Waals surface area (Å²) in [5.74, 6) is 1.46. The molecule has 0 heterocycles. The summed E-state index contributed by atoms with van der Waals surface area (Å²) in [7, 11) is 1.66. The lowest BCUT2D eigenvalue weighted by Crippen LogP contribution is -2.03. The normalized spacial score (nSPS) is 10.4. The molecule has 1 N–H and O–H groups in total. The number of aryl methyl sites for hydroxylation is 1. The number of anilines is 1. The maximum Gasteiger partial charge on any atom is 0.161 e. The molecule has 0 aliphatic carbocycles. The molecule has 0 fully saturated rings. The molecule has 0 aromatic heterocycles. The number of ether oxygens (including phenoxy) is 2. The fraction of sp³-hybridized carbons (Fsp3) is 0.182. The summed E-state index contributed by atoms with van der Waals surface area (Å²) in [6.07, 6.45) is 0. The zero-order valence-electron chi connectivity index (χ0n) is 15.0. The minimum Gasteiger partial charge on any atom is -0.493 e. The van der Waals surface area contributed by atoms with Gasteiger partial charge in [-0.25, -0.2) is 0 Å². The molecule has 3 rings (SSSR count). The van der Waals surface area contributed by atoms with Crippen molar-refractivity contribution in [3.05, 3.63) is 88.4 Å². The molecule has 0 amide bonds. The summed E-state index contributed by atoms with van der Waals surface area (Å²) in [4.78, 5) is 0. The van der Waals surface area contributed by atoms with Gasteiger partial charge in [-0.1, -0.05) is 54.1 Å². The van der Waals surface area contributed by atoms with Gasteiger partial charge in [-0.3, -0.25) is 0 Å². The van der Waals surface area contributed by atoms with Crippen LogP contribution in [0.3, 0.4) is 0 Å². The molecule has 0 saturated heterocycles. The van der Waals surface area contributed by atoms with E-state index >= 15 is 0 Å². The van der Waals surface area contributed by atoms with Gasteiger partial charge < -0.3 is 14.8 Å². The second-order valence-electron chi connectivity index (χ2n) is 6.07. The van der Waals surface area contributed by atoms with Gasteiger partial charge in [-0.05, 0) is 47.9 Å². The Bertz CT molecular complexity index is 865. The molecular formula is C22H22ClNO2. The molecule has 0 unspecified atom stereocenters. The number of rotatable bonds is 7. The zero-order valence-corrected chi connectivity index (χ0v) is 15.7. The maximum absolute atomic E-state index is 6.08. The van der Waals surface area contributed by atoms with Crippen LogP contribution in [0.2, 0.25) is 5.02 Å². The number of hydrogen-bond donors (Lipinski definition) is 1. The number of halogens is 1. The molecule has 3 aromatic carbocycles. The third-order valence-electron chi connectivity index (χ3n) is 4.15. The quantitative estimate of drug-likeness (QED) is 0.568. The van der Waals surface area contributed by atoms with E-state index < -0.39 is 0 Å². The predicted octanol–water partition coefficient (Wildman–Crippen LogP) is 5.85. The molecule has 0 aliphatic heterocycles. The largest absolute Gasteiger partial charge is 0.493 e. The summed E-state index contributed by atoms with van der Waals surface area (Å²) in [6.45, 7) is 3.24. The van der Waals surface area contributed by atoms with E-state index in [-0.39, 0.29) is 0 Å². The minimum absolute atomic E-state index is 0.510. The molecule has 0 spiro atoms. The molecule has 0 bridgehead atoms. The van der Waals surface area contributed by atoms with E-state index in [1.165, 1.54) is 0 Å². The first-order valence-corrected chi connectivity index (χ1v) is 8.87. The topological polar surface area (TPSA) is 30.5 Å². The van der Waals surface area contributed by atoms with Gasteiger partial charge >= 0.3 is 0 Å². The van der Waals surface area contributed by atoms with Crippen molar-refractivity contribution in [3.63, 3.8) is 0 Å². The third kappa shape index (κ3) is 4.70. The Labute approximate surface area is 159 Å². The van der Waals surface area contributed by atoms with Crippen molar-refractivity contribution in [2.75, 3.05) is 12.4 Å². The van der Waals surface area contributed by atoms with Crippen LogP contribution in [0.5, 0.6) is 11.5 Å². The lowest BCUT2D eigenvalue weighted by Gasteiger charge is -2.14. The molecule has 0 saturated carbocycles. The molecule has 26 heavy (non-hydrogen) atoms.